The Morgan fingerprint density at radius 3 is 2.40 bits per heavy atom. The second-order valence-corrected chi connectivity index (χ2v) is 11.7. The minimum atomic E-state index is -1.00. The van der Waals surface area contributed by atoms with Crippen molar-refractivity contribution in [2.45, 2.75) is 26.8 Å². The van der Waals surface area contributed by atoms with Crippen LogP contribution in [0.25, 0.3) is 11.8 Å². The number of fused-ring (bicyclic) bond motifs is 1. The fraction of sp³-hybridized carbons (Fsp3) is 0.143. The van der Waals surface area contributed by atoms with Crippen LogP contribution in [0, 0.1) is 13.8 Å². The van der Waals surface area contributed by atoms with Crippen molar-refractivity contribution in [1.29, 1.82) is 0 Å². The van der Waals surface area contributed by atoms with E-state index in [-0.39, 0.29) is 17.0 Å². The lowest BCUT2D eigenvalue weighted by Crippen LogP contribution is -2.40. The molecule has 1 amide bonds. The van der Waals surface area contributed by atoms with E-state index in [0.717, 1.165) is 28.2 Å². The molecule has 1 aliphatic heterocycles. The number of carbonyl (C=O) groups is 2. The van der Waals surface area contributed by atoms with Gasteiger partial charge in [-0.2, -0.15) is 0 Å². The number of nitrogens with zero attached hydrogens (tertiary/aromatic N) is 3. The lowest BCUT2D eigenvalue weighted by Gasteiger charge is -2.25. The molecular weight excluding hydrogens is 588 g/mol. The number of benzene rings is 3. The number of aromatic carboxylic acids is 1. The molecule has 0 bridgehead atoms. The molecule has 9 nitrogen and oxygen atoms in total. The summed E-state index contributed by atoms with van der Waals surface area (Å²) in [5.74, 6) is -0.685. The largest absolute Gasteiger partial charge is 0.497 e. The van der Waals surface area contributed by atoms with Crippen molar-refractivity contribution < 1.29 is 19.4 Å². The third-order valence-electron chi connectivity index (χ3n) is 7.84. The number of aromatic nitrogens is 2. The second-order valence-electron chi connectivity index (χ2n) is 10.7. The highest BCUT2D eigenvalue weighted by molar-refractivity contribution is 7.07. The SMILES string of the molecule is COc1ccc([C@@H]2C(C(=O)Nc3ccccc3)=C(C)N=c3sc(=Cc4cc(C)n(-c5cccc(C(=O)O)c5)c4C)c(=O)n32)cc1. The molecule has 226 valence electrons. The molecule has 3 heterocycles. The number of para-hydroxylation sites is 1. The van der Waals surface area contributed by atoms with Gasteiger partial charge >= 0.3 is 5.97 Å². The van der Waals surface area contributed by atoms with E-state index in [1.807, 2.05) is 79.1 Å². The molecule has 0 radical (unpaired) electrons. The lowest BCUT2D eigenvalue weighted by molar-refractivity contribution is -0.113. The Bertz CT molecular complexity index is 2170. The van der Waals surface area contributed by atoms with Gasteiger partial charge in [-0.3, -0.25) is 14.2 Å². The van der Waals surface area contributed by atoms with Crippen molar-refractivity contribution in [1.82, 2.24) is 9.13 Å². The number of amides is 1. The van der Waals surface area contributed by atoms with E-state index in [1.54, 1.807) is 48.9 Å². The van der Waals surface area contributed by atoms with Crippen molar-refractivity contribution in [3.05, 3.63) is 144 Å². The summed E-state index contributed by atoms with van der Waals surface area (Å²) in [6.07, 6.45) is 1.83. The van der Waals surface area contributed by atoms with Gasteiger partial charge in [-0.25, -0.2) is 9.79 Å². The summed E-state index contributed by atoms with van der Waals surface area (Å²) in [5.41, 5.74) is 5.48. The number of anilines is 1. The van der Waals surface area contributed by atoms with Crippen molar-refractivity contribution in [2.24, 2.45) is 4.99 Å². The number of aryl methyl sites for hydroxylation is 1. The Morgan fingerprint density at radius 2 is 1.71 bits per heavy atom. The molecule has 5 aromatic rings. The molecule has 6 rings (SSSR count). The first-order valence-corrected chi connectivity index (χ1v) is 15.0. The number of ether oxygens (including phenoxy) is 1. The van der Waals surface area contributed by atoms with Gasteiger partial charge in [-0.15, -0.1) is 0 Å². The minimum absolute atomic E-state index is 0.191. The van der Waals surface area contributed by atoms with Crippen LogP contribution >= 0.6 is 11.3 Å². The van der Waals surface area contributed by atoms with E-state index in [0.29, 0.717) is 32.0 Å². The van der Waals surface area contributed by atoms with Gasteiger partial charge in [-0.05, 0) is 86.5 Å². The fourth-order valence-electron chi connectivity index (χ4n) is 5.68. The quantitative estimate of drug-likeness (QED) is 0.267. The number of carboxylic acids is 1. The van der Waals surface area contributed by atoms with Crippen LogP contribution in [0.15, 0.2) is 106 Å². The smallest absolute Gasteiger partial charge is 0.335 e. The number of nitrogens with one attached hydrogen (secondary N) is 1. The topological polar surface area (TPSA) is 115 Å². The first kappa shape index (κ1) is 29.6. The van der Waals surface area contributed by atoms with Crippen LogP contribution in [0.4, 0.5) is 5.69 Å². The predicted molar refractivity (Wildman–Crippen MR) is 174 cm³/mol. The number of rotatable bonds is 7. The van der Waals surface area contributed by atoms with Gasteiger partial charge in [0.2, 0.25) is 0 Å². The number of allylic oxidation sites excluding steroid dienone is 1. The first-order chi connectivity index (χ1) is 21.7. The van der Waals surface area contributed by atoms with E-state index in [1.165, 1.54) is 11.3 Å². The zero-order chi connectivity index (χ0) is 31.8. The van der Waals surface area contributed by atoms with Gasteiger partial charge in [0.05, 0.1) is 34.5 Å². The molecule has 45 heavy (non-hydrogen) atoms. The number of carbonyl (C=O) groups excluding carboxylic acids is 1. The molecule has 0 spiro atoms. The summed E-state index contributed by atoms with van der Waals surface area (Å²) >= 11 is 1.26. The van der Waals surface area contributed by atoms with Crippen LogP contribution in [0.1, 0.15) is 45.8 Å². The van der Waals surface area contributed by atoms with E-state index in [4.69, 9.17) is 9.73 Å². The van der Waals surface area contributed by atoms with Crippen LogP contribution in [-0.2, 0) is 4.79 Å². The zero-order valence-electron chi connectivity index (χ0n) is 25.1. The van der Waals surface area contributed by atoms with Crippen molar-refractivity contribution in [3.63, 3.8) is 0 Å². The highest BCUT2D eigenvalue weighted by atomic mass is 32.1. The lowest BCUT2D eigenvalue weighted by atomic mass is 9.95. The predicted octanol–water partition coefficient (Wildman–Crippen LogP) is 4.99. The number of hydrogen-bond donors (Lipinski definition) is 2. The van der Waals surface area contributed by atoms with E-state index < -0.39 is 12.0 Å². The normalized spacial score (nSPS) is 14.6. The maximum absolute atomic E-state index is 14.2. The van der Waals surface area contributed by atoms with Gasteiger partial charge in [-0.1, -0.05) is 47.7 Å². The average molecular weight is 619 g/mol. The third-order valence-corrected chi connectivity index (χ3v) is 8.82. The van der Waals surface area contributed by atoms with E-state index in [9.17, 15) is 19.5 Å². The molecule has 0 aliphatic carbocycles. The molecule has 0 saturated carbocycles. The molecule has 3 aromatic carbocycles. The van der Waals surface area contributed by atoms with Crippen LogP contribution < -0.4 is 24.9 Å². The molecule has 10 heteroatoms. The van der Waals surface area contributed by atoms with Crippen LogP contribution in [0.3, 0.4) is 0 Å². The van der Waals surface area contributed by atoms with Crippen molar-refractivity contribution in [2.75, 3.05) is 12.4 Å². The van der Waals surface area contributed by atoms with Crippen LogP contribution in [0.5, 0.6) is 5.75 Å². The number of methoxy groups -OCH3 is 1. The summed E-state index contributed by atoms with van der Waals surface area (Å²) < 4.78 is 9.37. The first-order valence-electron chi connectivity index (χ1n) is 14.2. The molecule has 2 aromatic heterocycles. The number of thiazole rings is 1. The molecule has 1 aliphatic rings. The molecule has 2 N–H and O–H groups in total. The summed E-state index contributed by atoms with van der Waals surface area (Å²) in [6, 6.07) is 24.5. The van der Waals surface area contributed by atoms with Gasteiger partial charge in [0.15, 0.2) is 4.80 Å². The van der Waals surface area contributed by atoms with E-state index >= 15 is 0 Å². The number of carboxylic acid groups (broad SMARTS) is 1. The summed E-state index contributed by atoms with van der Waals surface area (Å²) in [5, 5.41) is 12.4. The standard InChI is InChI=1S/C35H30N4O5S/c1-20-17-25(22(3)38(20)27-12-8-9-24(18-27)34(42)43)19-29-33(41)39-31(23-13-15-28(44-4)16-14-23)30(21(2)36-35(39)45-29)32(40)37-26-10-6-5-7-11-26/h5-19,31H,1-4H3,(H,37,40)(H,42,43)/t31-/m1/s1. The van der Waals surface area contributed by atoms with Gasteiger partial charge in [0.1, 0.15) is 5.75 Å². The molecule has 0 saturated heterocycles. The van der Waals surface area contributed by atoms with Crippen molar-refractivity contribution >= 4 is 35.0 Å². The Morgan fingerprint density at radius 1 is 0.978 bits per heavy atom. The highest BCUT2D eigenvalue weighted by Crippen LogP contribution is 2.32. The van der Waals surface area contributed by atoms with Crippen LogP contribution in [0.2, 0.25) is 0 Å². The monoisotopic (exact) mass is 618 g/mol. The Kier molecular flexibility index (Phi) is 7.82. The van der Waals surface area contributed by atoms with Crippen LogP contribution in [-0.4, -0.2) is 33.2 Å². The minimum Gasteiger partial charge on any atom is -0.497 e. The summed E-state index contributed by atoms with van der Waals surface area (Å²) in [6.45, 7) is 5.65. The Hall–Kier alpha value is -5.48. The van der Waals surface area contributed by atoms with Crippen molar-refractivity contribution in [3.8, 4) is 11.4 Å². The third kappa shape index (κ3) is 5.51. The van der Waals surface area contributed by atoms with E-state index in [2.05, 4.69) is 5.32 Å². The van der Waals surface area contributed by atoms with Gasteiger partial charge in [0.25, 0.3) is 11.5 Å². The highest BCUT2D eigenvalue weighted by Gasteiger charge is 2.32. The maximum Gasteiger partial charge on any atom is 0.335 e. The summed E-state index contributed by atoms with van der Waals surface area (Å²) in [4.78, 5) is 44.8. The summed E-state index contributed by atoms with van der Waals surface area (Å²) in [7, 11) is 1.58. The zero-order valence-corrected chi connectivity index (χ0v) is 25.9. The van der Waals surface area contributed by atoms with Gasteiger partial charge < -0.3 is 19.7 Å². The molecule has 1 atom stereocenters. The Labute approximate surface area is 262 Å². The fourth-order valence-corrected chi connectivity index (χ4v) is 6.72. The molecular formula is C35H30N4O5S. The molecule has 0 fully saturated rings. The average Bonchev–Trinajstić information content (AvgIpc) is 3.49. The second kappa shape index (κ2) is 11.9. The van der Waals surface area contributed by atoms with Gasteiger partial charge in [0, 0.05) is 22.8 Å². The molecule has 0 unspecified atom stereocenters. The maximum atomic E-state index is 14.2. The number of hydrogen-bond acceptors (Lipinski definition) is 6. The Balaban J connectivity index is 1.48.